The number of benzene rings is 2. The number of likely N-dealkylation sites (N-methyl/N-ethyl adjacent to an activating group) is 1. The quantitative estimate of drug-likeness (QED) is 0.690. The number of piperazine rings is 1. The highest BCUT2D eigenvalue weighted by atomic mass is 35.5. The first-order valence-electron chi connectivity index (χ1n) is 10.4. The first-order valence-corrected chi connectivity index (χ1v) is 10.8. The molecule has 0 spiro atoms. The fourth-order valence-corrected chi connectivity index (χ4v) is 3.72. The van der Waals surface area contributed by atoms with Crippen LogP contribution in [0.2, 0.25) is 5.02 Å². The van der Waals surface area contributed by atoms with Crippen LogP contribution in [-0.2, 0) is 11.4 Å². The van der Waals surface area contributed by atoms with Crippen molar-refractivity contribution in [2.45, 2.75) is 20.4 Å². The minimum Gasteiger partial charge on any atom is -0.322 e. The Kier molecular flexibility index (Phi) is 7.90. The van der Waals surface area contributed by atoms with E-state index in [1.165, 1.54) is 7.11 Å². The maximum Gasteiger partial charge on any atom is 0.324 e. The smallest absolute Gasteiger partial charge is 0.322 e. The summed E-state index contributed by atoms with van der Waals surface area (Å²) in [6, 6.07) is 12.7. The van der Waals surface area contributed by atoms with Crippen LogP contribution in [0.25, 0.3) is 0 Å². The molecule has 3 amide bonds. The summed E-state index contributed by atoms with van der Waals surface area (Å²) in [7, 11) is 1.39. The molecule has 1 fully saturated rings. The molecule has 31 heavy (non-hydrogen) atoms. The summed E-state index contributed by atoms with van der Waals surface area (Å²) in [6.45, 7) is 8.56. The van der Waals surface area contributed by atoms with Crippen LogP contribution >= 0.6 is 11.6 Å². The van der Waals surface area contributed by atoms with Gasteiger partial charge in [0.1, 0.15) is 0 Å². The standard InChI is InChI=1S/C23H29ClN4O3/c1-4-26-11-13-27(14-12-26)23(30)28(20-10-5-17(2)21(24)15-20)16-18-6-8-19(9-7-18)22(29)25-31-3/h5-10,15H,4,11-14,16H2,1-3H3,(H,25,29). The summed E-state index contributed by atoms with van der Waals surface area (Å²) >= 11 is 6.36. The van der Waals surface area contributed by atoms with Crippen LogP contribution in [0.1, 0.15) is 28.4 Å². The van der Waals surface area contributed by atoms with Gasteiger partial charge in [-0.05, 0) is 48.9 Å². The predicted molar refractivity (Wildman–Crippen MR) is 122 cm³/mol. The van der Waals surface area contributed by atoms with Crippen LogP contribution in [0.15, 0.2) is 42.5 Å². The molecule has 1 heterocycles. The van der Waals surface area contributed by atoms with Crippen LogP contribution in [0.3, 0.4) is 0 Å². The average molecular weight is 445 g/mol. The maximum absolute atomic E-state index is 13.5. The fraction of sp³-hybridized carbons (Fsp3) is 0.391. The van der Waals surface area contributed by atoms with Crippen molar-refractivity contribution in [1.82, 2.24) is 15.3 Å². The number of hydrogen-bond donors (Lipinski definition) is 1. The second kappa shape index (κ2) is 10.6. The Morgan fingerprint density at radius 1 is 1.10 bits per heavy atom. The van der Waals surface area contributed by atoms with Crippen LogP contribution in [0, 0.1) is 6.92 Å². The molecule has 8 heteroatoms. The SMILES string of the molecule is CCN1CCN(C(=O)N(Cc2ccc(C(=O)NOC)cc2)c2ccc(C)c(Cl)c2)CC1. The lowest BCUT2D eigenvalue weighted by Crippen LogP contribution is -2.52. The zero-order chi connectivity index (χ0) is 22.4. The number of urea groups is 1. The van der Waals surface area contributed by atoms with Crippen molar-refractivity contribution in [1.29, 1.82) is 0 Å². The maximum atomic E-state index is 13.5. The molecule has 0 bridgehead atoms. The summed E-state index contributed by atoms with van der Waals surface area (Å²) in [5, 5.41) is 0.623. The topological polar surface area (TPSA) is 65.1 Å². The van der Waals surface area contributed by atoms with Crippen LogP contribution < -0.4 is 10.4 Å². The van der Waals surface area contributed by atoms with E-state index in [0.29, 0.717) is 30.2 Å². The highest BCUT2D eigenvalue weighted by Crippen LogP contribution is 2.26. The van der Waals surface area contributed by atoms with Crippen molar-refractivity contribution in [3.63, 3.8) is 0 Å². The normalized spacial score (nSPS) is 14.4. The molecule has 1 N–H and O–H groups in total. The molecule has 1 aliphatic heterocycles. The Hall–Kier alpha value is -2.61. The summed E-state index contributed by atoms with van der Waals surface area (Å²) in [5.41, 5.74) is 5.40. The minimum atomic E-state index is -0.318. The number of nitrogens with one attached hydrogen (secondary N) is 1. The van der Waals surface area contributed by atoms with Gasteiger partial charge in [0, 0.05) is 42.5 Å². The number of carbonyl (C=O) groups excluding carboxylic acids is 2. The van der Waals surface area contributed by atoms with E-state index >= 15 is 0 Å². The lowest BCUT2D eigenvalue weighted by Gasteiger charge is -2.37. The monoisotopic (exact) mass is 444 g/mol. The zero-order valence-electron chi connectivity index (χ0n) is 18.2. The summed E-state index contributed by atoms with van der Waals surface area (Å²) in [5.74, 6) is -0.318. The Morgan fingerprint density at radius 3 is 2.35 bits per heavy atom. The summed E-state index contributed by atoms with van der Waals surface area (Å²) in [4.78, 5) is 36.0. The van der Waals surface area contributed by atoms with Crippen molar-refractivity contribution in [2.75, 3.05) is 44.7 Å². The van der Waals surface area contributed by atoms with Gasteiger partial charge in [0.25, 0.3) is 5.91 Å². The van der Waals surface area contributed by atoms with Gasteiger partial charge in [0.05, 0.1) is 13.7 Å². The van der Waals surface area contributed by atoms with Crippen molar-refractivity contribution in [2.24, 2.45) is 0 Å². The molecule has 0 aliphatic carbocycles. The highest BCUT2D eigenvalue weighted by Gasteiger charge is 2.26. The second-order valence-electron chi connectivity index (χ2n) is 7.56. The van der Waals surface area contributed by atoms with Gasteiger partial charge in [0.2, 0.25) is 0 Å². The molecule has 3 rings (SSSR count). The van der Waals surface area contributed by atoms with E-state index in [1.54, 1.807) is 17.0 Å². The van der Waals surface area contributed by atoms with Crippen LogP contribution in [0.5, 0.6) is 0 Å². The van der Waals surface area contributed by atoms with Crippen LogP contribution in [0.4, 0.5) is 10.5 Å². The van der Waals surface area contributed by atoms with Crippen molar-refractivity contribution in [3.8, 4) is 0 Å². The van der Waals surface area contributed by atoms with E-state index in [-0.39, 0.29) is 11.9 Å². The first-order chi connectivity index (χ1) is 14.9. The van der Waals surface area contributed by atoms with Crippen molar-refractivity contribution in [3.05, 3.63) is 64.2 Å². The number of carbonyl (C=O) groups is 2. The van der Waals surface area contributed by atoms with Gasteiger partial charge in [0.15, 0.2) is 0 Å². The molecule has 0 atom stereocenters. The van der Waals surface area contributed by atoms with E-state index in [9.17, 15) is 9.59 Å². The third kappa shape index (κ3) is 5.76. The van der Waals surface area contributed by atoms with Crippen molar-refractivity contribution >= 4 is 29.2 Å². The van der Waals surface area contributed by atoms with Gasteiger partial charge in [-0.2, -0.15) is 0 Å². The molecule has 0 aromatic heterocycles. The van der Waals surface area contributed by atoms with E-state index in [2.05, 4.69) is 22.1 Å². The Bertz CT molecular complexity index is 912. The molecule has 7 nitrogen and oxygen atoms in total. The summed E-state index contributed by atoms with van der Waals surface area (Å²) in [6.07, 6.45) is 0. The van der Waals surface area contributed by atoms with Gasteiger partial charge in [-0.1, -0.05) is 36.7 Å². The molecule has 0 unspecified atom stereocenters. The Labute approximate surface area is 188 Å². The zero-order valence-corrected chi connectivity index (χ0v) is 19.0. The van der Waals surface area contributed by atoms with Gasteiger partial charge < -0.3 is 9.80 Å². The largest absolute Gasteiger partial charge is 0.324 e. The van der Waals surface area contributed by atoms with E-state index in [4.69, 9.17) is 11.6 Å². The van der Waals surface area contributed by atoms with Gasteiger partial charge >= 0.3 is 6.03 Å². The van der Waals surface area contributed by atoms with E-state index < -0.39 is 0 Å². The molecule has 1 aliphatic rings. The second-order valence-corrected chi connectivity index (χ2v) is 7.96. The predicted octanol–water partition coefficient (Wildman–Crippen LogP) is 3.70. The van der Waals surface area contributed by atoms with Crippen LogP contribution in [-0.4, -0.2) is 61.6 Å². The molecule has 1 saturated heterocycles. The number of amides is 3. The molecular weight excluding hydrogens is 416 g/mol. The van der Waals surface area contributed by atoms with Gasteiger partial charge in [-0.25, -0.2) is 10.3 Å². The number of anilines is 1. The average Bonchev–Trinajstić information content (AvgIpc) is 2.79. The minimum absolute atomic E-state index is 0.0446. The number of rotatable bonds is 6. The molecule has 0 radical (unpaired) electrons. The van der Waals surface area contributed by atoms with E-state index in [1.807, 2.05) is 42.2 Å². The lowest BCUT2D eigenvalue weighted by atomic mass is 10.1. The van der Waals surface area contributed by atoms with Gasteiger partial charge in [-0.3, -0.25) is 14.5 Å². The number of aryl methyl sites for hydroxylation is 1. The molecule has 0 saturated carbocycles. The number of hydroxylamine groups is 1. The summed E-state index contributed by atoms with van der Waals surface area (Å²) < 4.78 is 0. The molecule has 2 aromatic rings. The number of halogens is 1. The highest BCUT2D eigenvalue weighted by molar-refractivity contribution is 6.31. The number of hydrogen-bond acceptors (Lipinski definition) is 4. The molecule has 2 aromatic carbocycles. The number of nitrogens with zero attached hydrogens (tertiary/aromatic N) is 3. The van der Waals surface area contributed by atoms with E-state index in [0.717, 1.165) is 36.4 Å². The third-order valence-corrected chi connectivity index (χ3v) is 5.95. The Morgan fingerprint density at radius 2 is 1.77 bits per heavy atom. The lowest BCUT2D eigenvalue weighted by molar-refractivity contribution is 0.0537. The van der Waals surface area contributed by atoms with Gasteiger partial charge in [-0.15, -0.1) is 0 Å². The molecule has 166 valence electrons. The Balaban J connectivity index is 1.83. The first kappa shape index (κ1) is 23.1. The molecular formula is C23H29ClN4O3. The van der Waals surface area contributed by atoms with Crippen molar-refractivity contribution < 1.29 is 14.4 Å². The fourth-order valence-electron chi connectivity index (χ4n) is 3.54. The third-order valence-electron chi connectivity index (χ3n) is 5.54.